The van der Waals surface area contributed by atoms with Gasteiger partial charge in [-0.15, -0.1) is 0 Å². The van der Waals surface area contributed by atoms with Crippen LogP contribution in [0.1, 0.15) is 11.4 Å². The van der Waals surface area contributed by atoms with Crippen molar-refractivity contribution >= 4 is 11.5 Å². The molecule has 0 aliphatic rings. The minimum Gasteiger partial charge on any atom is -0.483 e. The van der Waals surface area contributed by atoms with Gasteiger partial charge in [-0.3, -0.25) is 0 Å². The second-order valence-electron chi connectivity index (χ2n) is 4.32. The summed E-state index contributed by atoms with van der Waals surface area (Å²) in [5, 5.41) is 0. The van der Waals surface area contributed by atoms with E-state index in [9.17, 15) is 0 Å². The third-order valence-corrected chi connectivity index (χ3v) is 2.81. The first-order valence-corrected chi connectivity index (χ1v) is 6.01. The van der Waals surface area contributed by atoms with Crippen molar-refractivity contribution in [3.8, 4) is 5.75 Å². The van der Waals surface area contributed by atoms with Crippen LogP contribution in [0.15, 0.2) is 42.7 Å². The van der Waals surface area contributed by atoms with Gasteiger partial charge in [-0.05, 0) is 31.2 Å². The first kappa shape index (κ1) is 11.5. The standard InChI is InChI=1S/C14H14N4O/c1-10-5-6-12(14(15)16-10)19-9-11-8-18-7-3-2-4-13(18)17-11/h2-8H,9H2,1H3,(H2,15,16). The Morgan fingerprint density at radius 3 is 2.89 bits per heavy atom. The van der Waals surface area contributed by atoms with Crippen molar-refractivity contribution in [2.24, 2.45) is 0 Å². The largest absolute Gasteiger partial charge is 0.483 e. The summed E-state index contributed by atoms with van der Waals surface area (Å²) in [7, 11) is 0. The molecule has 3 aromatic heterocycles. The number of nitrogen functional groups attached to an aromatic ring is 1. The SMILES string of the molecule is Cc1ccc(OCc2cn3ccccc3n2)c(N)n1. The molecule has 0 unspecified atom stereocenters. The first-order chi connectivity index (χ1) is 9.22. The molecule has 0 aliphatic heterocycles. The molecule has 96 valence electrons. The minimum absolute atomic E-state index is 0.372. The molecular formula is C14H14N4O. The molecule has 0 aliphatic carbocycles. The van der Waals surface area contributed by atoms with E-state index in [0.29, 0.717) is 18.2 Å². The van der Waals surface area contributed by atoms with Gasteiger partial charge in [-0.2, -0.15) is 0 Å². The summed E-state index contributed by atoms with van der Waals surface area (Å²) >= 11 is 0. The average molecular weight is 254 g/mol. The molecule has 5 heteroatoms. The highest BCUT2D eigenvalue weighted by Gasteiger charge is 2.05. The average Bonchev–Trinajstić information content (AvgIpc) is 2.80. The zero-order valence-electron chi connectivity index (χ0n) is 10.6. The number of hydrogen-bond donors (Lipinski definition) is 1. The molecule has 19 heavy (non-hydrogen) atoms. The van der Waals surface area contributed by atoms with Gasteiger partial charge in [0.05, 0.1) is 5.69 Å². The summed E-state index contributed by atoms with van der Waals surface area (Å²) in [6.45, 7) is 2.26. The number of pyridine rings is 2. The van der Waals surface area contributed by atoms with Gasteiger partial charge in [0, 0.05) is 18.1 Å². The number of aryl methyl sites for hydroxylation is 1. The topological polar surface area (TPSA) is 65.4 Å². The molecule has 0 aromatic carbocycles. The zero-order valence-corrected chi connectivity index (χ0v) is 10.6. The van der Waals surface area contributed by atoms with Gasteiger partial charge in [0.15, 0.2) is 11.6 Å². The van der Waals surface area contributed by atoms with E-state index < -0.39 is 0 Å². The van der Waals surface area contributed by atoms with Gasteiger partial charge in [-0.25, -0.2) is 9.97 Å². The lowest BCUT2D eigenvalue weighted by Crippen LogP contribution is -2.01. The molecule has 2 N–H and O–H groups in total. The smallest absolute Gasteiger partial charge is 0.166 e. The number of nitrogens with zero attached hydrogens (tertiary/aromatic N) is 3. The number of ether oxygens (including phenoxy) is 1. The Hall–Kier alpha value is -2.56. The molecule has 0 atom stereocenters. The Balaban J connectivity index is 1.78. The van der Waals surface area contributed by atoms with Crippen molar-refractivity contribution in [2.45, 2.75) is 13.5 Å². The molecule has 0 saturated heterocycles. The van der Waals surface area contributed by atoms with E-state index in [4.69, 9.17) is 10.5 Å². The lowest BCUT2D eigenvalue weighted by molar-refractivity contribution is 0.302. The molecule has 0 saturated carbocycles. The lowest BCUT2D eigenvalue weighted by Gasteiger charge is -2.06. The van der Waals surface area contributed by atoms with Crippen molar-refractivity contribution in [3.63, 3.8) is 0 Å². The summed E-state index contributed by atoms with van der Waals surface area (Å²) in [4.78, 5) is 8.61. The highest BCUT2D eigenvalue weighted by molar-refractivity contribution is 5.46. The van der Waals surface area contributed by atoms with E-state index in [0.717, 1.165) is 17.0 Å². The van der Waals surface area contributed by atoms with Crippen LogP contribution in [0.2, 0.25) is 0 Å². The predicted molar refractivity (Wildman–Crippen MR) is 72.9 cm³/mol. The highest BCUT2D eigenvalue weighted by atomic mass is 16.5. The van der Waals surface area contributed by atoms with E-state index in [1.807, 2.05) is 54.0 Å². The molecule has 5 nitrogen and oxygen atoms in total. The molecule has 0 amide bonds. The molecule has 0 spiro atoms. The van der Waals surface area contributed by atoms with Crippen LogP contribution in [-0.2, 0) is 6.61 Å². The van der Waals surface area contributed by atoms with Crippen molar-refractivity contribution < 1.29 is 4.74 Å². The van der Waals surface area contributed by atoms with Gasteiger partial charge in [0.25, 0.3) is 0 Å². The van der Waals surface area contributed by atoms with Crippen molar-refractivity contribution in [3.05, 3.63) is 54.1 Å². The third kappa shape index (κ3) is 2.35. The predicted octanol–water partition coefficient (Wildman–Crippen LogP) is 2.20. The van der Waals surface area contributed by atoms with Gasteiger partial charge in [0.2, 0.25) is 0 Å². The van der Waals surface area contributed by atoms with E-state index >= 15 is 0 Å². The Morgan fingerprint density at radius 1 is 1.21 bits per heavy atom. The summed E-state index contributed by atoms with van der Waals surface area (Å²) in [6.07, 6.45) is 3.89. The molecule has 3 aromatic rings. The Bertz CT molecular complexity index is 687. The fourth-order valence-electron chi connectivity index (χ4n) is 1.89. The Morgan fingerprint density at radius 2 is 2.11 bits per heavy atom. The summed E-state index contributed by atoms with van der Waals surface area (Å²) in [5.41, 5.74) is 8.42. The molecular weight excluding hydrogens is 240 g/mol. The number of fused-ring (bicyclic) bond motifs is 1. The summed E-state index contributed by atoms with van der Waals surface area (Å²) < 4.78 is 7.60. The Kier molecular flexibility index (Phi) is 2.79. The number of aromatic nitrogens is 3. The second kappa shape index (κ2) is 4.61. The molecule has 3 heterocycles. The van der Waals surface area contributed by atoms with E-state index in [2.05, 4.69) is 9.97 Å². The normalized spacial score (nSPS) is 10.8. The Labute approximate surface area is 110 Å². The minimum atomic E-state index is 0.372. The monoisotopic (exact) mass is 254 g/mol. The number of hydrogen-bond acceptors (Lipinski definition) is 4. The third-order valence-electron chi connectivity index (χ3n) is 2.81. The first-order valence-electron chi connectivity index (χ1n) is 6.01. The van der Waals surface area contributed by atoms with Crippen LogP contribution in [0.3, 0.4) is 0 Å². The van der Waals surface area contributed by atoms with Crippen molar-refractivity contribution in [1.29, 1.82) is 0 Å². The second-order valence-corrected chi connectivity index (χ2v) is 4.32. The van der Waals surface area contributed by atoms with E-state index in [-0.39, 0.29) is 0 Å². The lowest BCUT2D eigenvalue weighted by atomic mass is 10.3. The van der Waals surface area contributed by atoms with Crippen LogP contribution in [0.5, 0.6) is 5.75 Å². The zero-order chi connectivity index (χ0) is 13.2. The summed E-state index contributed by atoms with van der Waals surface area (Å²) in [6, 6.07) is 9.56. The van der Waals surface area contributed by atoms with Crippen LogP contribution < -0.4 is 10.5 Å². The molecule has 0 bridgehead atoms. The van der Waals surface area contributed by atoms with Gasteiger partial charge < -0.3 is 14.9 Å². The van der Waals surface area contributed by atoms with Crippen LogP contribution in [0.4, 0.5) is 5.82 Å². The maximum atomic E-state index is 5.80. The van der Waals surface area contributed by atoms with Crippen LogP contribution in [-0.4, -0.2) is 14.4 Å². The number of anilines is 1. The fourth-order valence-corrected chi connectivity index (χ4v) is 1.89. The maximum absolute atomic E-state index is 5.80. The van der Waals surface area contributed by atoms with Crippen molar-refractivity contribution in [2.75, 3.05) is 5.73 Å². The van der Waals surface area contributed by atoms with E-state index in [1.54, 1.807) is 0 Å². The molecule has 3 rings (SSSR count). The fraction of sp³-hybridized carbons (Fsp3) is 0.143. The van der Waals surface area contributed by atoms with Crippen LogP contribution in [0.25, 0.3) is 5.65 Å². The number of imidazole rings is 1. The molecule has 0 fully saturated rings. The quantitative estimate of drug-likeness (QED) is 0.778. The van der Waals surface area contributed by atoms with E-state index in [1.165, 1.54) is 0 Å². The van der Waals surface area contributed by atoms with Crippen LogP contribution >= 0.6 is 0 Å². The molecule has 0 radical (unpaired) electrons. The van der Waals surface area contributed by atoms with Gasteiger partial charge in [-0.1, -0.05) is 6.07 Å². The van der Waals surface area contributed by atoms with Crippen molar-refractivity contribution in [1.82, 2.24) is 14.4 Å². The maximum Gasteiger partial charge on any atom is 0.166 e. The van der Waals surface area contributed by atoms with Gasteiger partial charge >= 0.3 is 0 Å². The number of nitrogens with two attached hydrogens (primary N) is 1. The number of rotatable bonds is 3. The van der Waals surface area contributed by atoms with Crippen LogP contribution in [0, 0.1) is 6.92 Å². The highest BCUT2D eigenvalue weighted by Crippen LogP contribution is 2.20. The van der Waals surface area contributed by atoms with Gasteiger partial charge in [0.1, 0.15) is 12.3 Å². The summed E-state index contributed by atoms with van der Waals surface area (Å²) in [5.74, 6) is 0.992.